The Morgan fingerprint density at radius 3 is 3.00 bits per heavy atom. The lowest BCUT2D eigenvalue weighted by molar-refractivity contribution is -0.0383. The van der Waals surface area contributed by atoms with Crippen LogP contribution >= 0.6 is 0 Å². The summed E-state index contributed by atoms with van der Waals surface area (Å²) in [6.45, 7) is 0.468. The Labute approximate surface area is 132 Å². The minimum atomic E-state index is -1.20. The molecule has 1 aromatic carbocycles. The predicted molar refractivity (Wildman–Crippen MR) is 81.3 cm³/mol. The molecule has 23 heavy (non-hydrogen) atoms. The minimum Gasteiger partial charge on any atom is -0.486 e. The van der Waals surface area contributed by atoms with E-state index in [9.17, 15) is 9.65 Å². The number of hydrogen-bond acceptors (Lipinski definition) is 6. The van der Waals surface area contributed by atoms with E-state index in [4.69, 9.17) is 15.2 Å². The van der Waals surface area contributed by atoms with Gasteiger partial charge in [-0.15, -0.1) is 0 Å². The summed E-state index contributed by atoms with van der Waals surface area (Å²) >= 11 is 0. The maximum Gasteiger partial charge on any atom is 0.220 e. The molecule has 0 radical (unpaired) electrons. The van der Waals surface area contributed by atoms with E-state index in [0.29, 0.717) is 35.6 Å². The Bertz CT molecular complexity index is 747. The summed E-state index contributed by atoms with van der Waals surface area (Å²) < 4.78 is 24.5. The minimum absolute atomic E-state index is 0.0187. The number of alkyl halides is 1. The van der Waals surface area contributed by atoms with Gasteiger partial charge in [-0.05, 0) is 24.3 Å². The fourth-order valence-electron chi connectivity index (χ4n) is 2.39. The maximum atomic E-state index is 13.8. The van der Waals surface area contributed by atoms with Crippen molar-refractivity contribution in [1.29, 1.82) is 5.26 Å². The Kier molecular flexibility index (Phi) is 4.35. The van der Waals surface area contributed by atoms with E-state index in [1.54, 1.807) is 30.5 Å². The highest BCUT2D eigenvalue weighted by molar-refractivity contribution is 5.64. The lowest BCUT2D eigenvalue weighted by Gasteiger charge is -2.27. The van der Waals surface area contributed by atoms with Crippen LogP contribution in [0.2, 0.25) is 0 Å². The van der Waals surface area contributed by atoms with Gasteiger partial charge in [0.15, 0.2) is 6.17 Å². The second kappa shape index (κ2) is 6.58. The average Bonchev–Trinajstić information content (AvgIpc) is 2.57. The monoisotopic (exact) mass is 314 g/mol. The van der Waals surface area contributed by atoms with Gasteiger partial charge in [0.2, 0.25) is 5.95 Å². The molecule has 118 valence electrons. The van der Waals surface area contributed by atoms with Crippen molar-refractivity contribution in [3.05, 3.63) is 36.0 Å². The van der Waals surface area contributed by atoms with Crippen LogP contribution in [0.5, 0.6) is 5.75 Å². The molecule has 0 bridgehead atoms. The summed E-state index contributed by atoms with van der Waals surface area (Å²) in [6.07, 6.45) is 0.202. The first-order valence-corrected chi connectivity index (χ1v) is 7.19. The molecule has 1 aliphatic rings. The van der Waals surface area contributed by atoms with Crippen molar-refractivity contribution in [2.45, 2.75) is 18.7 Å². The van der Waals surface area contributed by atoms with Crippen LogP contribution in [0.1, 0.15) is 12.0 Å². The number of nitrogens with zero attached hydrogens (tertiary/aromatic N) is 3. The lowest BCUT2D eigenvalue weighted by Crippen LogP contribution is -2.37. The predicted octanol–water partition coefficient (Wildman–Crippen LogP) is 2.10. The fourth-order valence-corrected chi connectivity index (χ4v) is 2.39. The van der Waals surface area contributed by atoms with Gasteiger partial charge in [-0.25, -0.2) is 14.4 Å². The summed E-state index contributed by atoms with van der Waals surface area (Å²) in [6, 6.07) is 8.81. The standard InChI is InChI=1S/C16H15FN4O2/c17-12-9-22-6-4-15(12)23-14-2-1-10(7-11(14)8-18)13-3-5-20-16(19)21-13/h1-3,5,7,12,15H,4,6,9H2,(H2,19,20,21). The van der Waals surface area contributed by atoms with E-state index in [1.165, 1.54) is 0 Å². The van der Waals surface area contributed by atoms with Crippen molar-refractivity contribution in [2.24, 2.45) is 0 Å². The number of ether oxygens (including phenoxy) is 2. The highest BCUT2D eigenvalue weighted by Gasteiger charge is 2.28. The Hall–Kier alpha value is -2.72. The molecule has 3 rings (SSSR count). The van der Waals surface area contributed by atoms with Gasteiger partial charge in [-0.1, -0.05) is 0 Å². The Balaban J connectivity index is 1.87. The smallest absolute Gasteiger partial charge is 0.220 e. The van der Waals surface area contributed by atoms with Crippen molar-refractivity contribution < 1.29 is 13.9 Å². The van der Waals surface area contributed by atoms with Crippen LogP contribution in [0.15, 0.2) is 30.5 Å². The van der Waals surface area contributed by atoms with E-state index < -0.39 is 12.3 Å². The maximum absolute atomic E-state index is 13.8. The molecule has 6 nitrogen and oxygen atoms in total. The van der Waals surface area contributed by atoms with Crippen LogP contribution in [0.3, 0.4) is 0 Å². The third-order valence-electron chi connectivity index (χ3n) is 3.58. The number of anilines is 1. The van der Waals surface area contributed by atoms with E-state index in [2.05, 4.69) is 16.0 Å². The molecule has 2 N–H and O–H groups in total. The number of nitrogens with two attached hydrogens (primary N) is 1. The third-order valence-corrected chi connectivity index (χ3v) is 3.58. The van der Waals surface area contributed by atoms with Gasteiger partial charge in [-0.2, -0.15) is 5.26 Å². The number of nitriles is 1. The van der Waals surface area contributed by atoms with E-state index in [0.717, 1.165) is 0 Å². The van der Waals surface area contributed by atoms with E-state index in [1.807, 2.05) is 0 Å². The van der Waals surface area contributed by atoms with Crippen LogP contribution in [-0.4, -0.2) is 35.5 Å². The van der Waals surface area contributed by atoms with Gasteiger partial charge in [0.1, 0.15) is 17.9 Å². The zero-order valence-electron chi connectivity index (χ0n) is 12.3. The van der Waals surface area contributed by atoms with E-state index in [-0.39, 0.29) is 12.6 Å². The van der Waals surface area contributed by atoms with Gasteiger partial charge < -0.3 is 15.2 Å². The zero-order chi connectivity index (χ0) is 16.2. The average molecular weight is 314 g/mol. The molecule has 0 amide bonds. The molecule has 1 saturated heterocycles. The Morgan fingerprint density at radius 1 is 1.39 bits per heavy atom. The van der Waals surface area contributed by atoms with Crippen LogP contribution in [0.25, 0.3) is 11.3 Å². The van der Waals surface area contributed by atoms with Crippen molar-refractivity contribution in [1.82, 2.24) is 9.97 Å². The second-order valence-electron chi connectivity index (χ2n) is 5.16. The van der Waals surface area contributed by atoms with Crippen LogP contribution in [-0.2, 0) is 4.74 Å². The van der Waals surface area contributed by atoms with Crippen molar-refractivity contribution in [2.75, 3.05) is 18.9 Å². The first-order chi connectivity index (χ1) is 11.2. The highest BCUT2D eigenvalue weighted by Crippen LogP contribution is 2.28. The van der Waals surface area contributed by atoms with Gasteiger partial charge in [-0.3, -0.25) is 0 Å². The molecule has 0 aliphatic carbocycles. The number of hydrogen-bond donors (Lipinski definition) is 1. The molecule has 2 unspecified atom stereocenters. The van der Waals surface area contributed by atoms with E-state index >= 15 is 0 Å². The fraction of sp³-hybridized carbons (Fsp3) is 0.312. The van der Waals surface area contributed by atoms with Gasteiger partial charge >= 0.3 is 0 Å². The van der Waals surface area contributed by atoms with Crippen LogP contribution in [0.4, 0.5) is 10.3 Å². The number of rotatable bonds is 3. The summed E-state index contributed by atoms with van der Waals surface area (Å²) in [4.78, 5) is 7.95. The highest BCUT2D eigenvalue weighted by atomic mass is 19.1. The van der Waals surface area contributed by atoms with Crippen molar-refractivity contribution in [3.63, 3.8) is 0 Å². The normalized spacial score (nSPS) is 20.7. The first-order valence-electron chi connectivity index (χ1n) is 7.19. The molecule has 7 heteroatoms. The third kappa shape index (κ3) is 3.38. The number of aromatic nitrogens is 2. The summed E-state index contributed by atoms with van der Waals surface area (Å²) in [5.74, 6) is 0.511. The quantitative estimate of drug-likeness (QED) is 0.932. The number of benzene rings is 1. The number of halogens is 1. The molecule has 2 heterocycles. The zero-order valence-corrected chi connectivity index (χ0v) is 12.3. The summed E-state index contributed by atoms with van der Waals surface area (Å²) in [5, 5.41) is 9.33. The molecule has 1 aliphatic heterocycles. The summed E-state index contributed by atoms with van der Waals surface area (Å²) in [5.41, 5.74) is 7.21. The molecular weight excluding hydrogens is 299 g/mol. The van der Waals surface area contributed by atoms with Gasteiger partial charge in [0.25, 0.3) is 0 Å². The van der Waals surface area contributed by atoms with Crippen LogP contribution in [0, 0.1) is 11.3 Å². The molecular formula is C16H15FN4O2. The molecule has 2 atom stereocenters. The number of nitrogen functional groups attached to an aromatic ring is 1. The molecule has 2 aromatic rings. The SMILES string of the molecule is N#Cc1cc(-c2ccnc(N)n2)ccc1OC1CCOCC1F. The van der Waals surface area contributed by atoms with Crippen molar-refractivity contribution >= 4 is 5.95 Å². The Morgan fingerprint density at radius 2 is 2.26 bits per heavy atom. The molecule has 0 saturated carbocycles. The molecule has 1 fully saturated rings. The summed E-state index contributed by atoms with van der Waals surface area (Å²) in [7, 11) is 0. The second-order valence-corrected chi connectivity index (χ2v) is 5.16. The van der Waals surface area contributed by atoms with Gasteiger partial charge in [0, 0.05) is 18.2 Å². The first kappa shape index (κ1) is 15.2. The molecule has 1 aromatic heterocycles. The van der Waals surface area contributed by atoms with Gasteiger partial charge in [0.05, 0.1) is 24.5 Å². The molecule has 0 spiro atoms. The lowest BCUT2D eigenvalue weighted by atomic mass is 10.1. The topological polar surface area (TPSA) is 94.1 Å². The van der Waals surface area contributed by atoms with Crippen molar-refractivity contribution in [3.8, 4) is 23.1 Å². The van der Waals surface area contributed by atoms with Crippen LogP contribution < -0.4 is 10.5 Å². The largest absolute Gasteiger partial charge is 0.486 e.